The van der Waals surface area contributed by atoms with Gasteiger partial charge in [-0.05, 0) is 42.0 Å². The zero-order valence-electron chi connectivity index (χ0n) is 17.5. The molecule has 1 heterocycles. The molecule has 1 amide bonds. The molecule has 3 aromatic carbocycles. The molecule has 1 aliphatic rings. The zero-order chi connectivity index (χ0) is 22.3. The molecule has 4 rings (SSSR count). The number of carbonyl (C=O) groups excluding carboxylic acids is 1. The molecule has 3 N–H and O–H groups in total. The van der Waals surface area contributed by atoms with Crippen molar-refractivity contribution in [2.24, 2.45) is 0 Å². The number of para-hydroxylation sites is 1. The monoisotopic (exact) mass is 431 g/mol. The van der Waals surface area contributed by atoms with Crippen molar-refractivity contribution in [2.45, 2.75) is 6.04 Å². The smallest absolute Gasteiger partial charge is 0.269 e. The van der Waals surface area contributed by atoms with Crippen LogP contribution in [0, 0.1) is 10.1 Å². The predicted octanol–water partition coefficient (Wildman–Crippen LogP) is 3.92. The van der Waals surface area contributed by atoms with E-state index in [0.29, 0.717) is 6.54 Å². The summed E-state index contributed by atoms with van der Waals surface area (Å²) in [4.78, 5) is 25.3. The normalized spacial score (nSPS) is 16.3. The molecule has 0 aromatic heterocycles. The van der Waals surface area contributed by atoms with Crippen molar-refractivity contribution in [3.63, 3.8) is 0 Å². The Bertz CT molecular complexity index is 1060. The van der Waals surface area contributed by atoms with E-state index in [1.165, 1.54) is 12.1 Å². The summed E-state index contributed by atoms with van der Waals surface area (Å²) < 4.78 is 0. The minimum Gasteiger partial charge on any atom is -0.356 e. The Labute approximate surface area is 186 Å². The number of carbonyl (C=O) groups is 1. The Morgan fingerprint density at radius 3 is 2.31 bits per heavy atom. The van der Waals surface area contributed by atoms with Crippen LogP contribution >= 0.6 is 0 Å². The molecule has 32 heavy (non-hydrogen) atoms. The highest BCUT2D eigenvalue weighted by atomic mass is 16.6. The van der Waals surface area contributed by atoms with Crippen molar-refractivity contribution in [1.82, 2.24) is 10.2 Å². The van der Waals surface area contributed by atoms with Crippen LogP contribution in [0.25, 0.3) is 0 Å². The molecule has 1 unspecified atom stereocenters. The number of benzene rings is 3. The summed E-state index contributed by atoms with van der Waals surface area (Å²) in [6.45, 7) is 2.43. The van der Waals surface area contributed by atoms with E-state index in [4.69, 9.17) is 0 Å². The lowest BCUT2D eigenvalue weighted by Crippen LogP contribution is -2.48. The highest BCUT2D eigenvalue weighted by molar-refractivity contribution is 5.92. The van der Waals surface area contributed by atoms with Gasteiger partial charge in [-0.2, -0.15) is 0 Å². The van der Waals surface area contributed by atoms with Crippen LogP contribution < -0.4 is 16.0 Å². The molecule has 8 nitrogen and oxygen atoms in total. The van der Waals surface area contributed by atoms with Gasteiger partial charge in [-0.25, -0.2) is 0 Å². The fourth-order valence-corrected chi connectivity index (χ4v) is 3.79. The number of nitro benzene ring substituents is 1. The summed E-state index contributed by atoms with van der Waals surface area (Å²) in [5.74, 6) is -0.0948. The Morgan fingerprint density at radius 1 is 0.969 bits per heavy atom. The second kappa shape index (κ2) is 10.0. The van der Waals surface area contributed by atoms with E-state index in [9.17, 15) is 14.9 Å². The van der Waals surface area contributed by atoms with E-state index in [1.54, 1.807) is 12.1 Å². The molecule has 0 radical (unpaired) electrons. The van der Waals surface area contributed by atoms with Crippen LogP contribution in [0.2, 0.25) is 0 Å². The van der Waals surface area contributed by atoms with Gasteiger partial charge in [0, 0.05) is 54.9 Å². The summed E-state index contributed by atoms with van der Waals surface area (Å²) in [6, 6.07) is 24.0. The average Bonchev–Trinajstić information content (AvgIpc) is 2.81. The summed E-state index contributed by atoms with van der Waals surface area (Å²) in [5, 5.41) is 20.5. The maximum atomic E-state index is 12.7. The van der Waals surface area contributed by atoms with E-state index in [1.807, 2.05) is 54.6 Å². The molecule has 1 saturated heterocycles. The number of non-ortho nitro benzene ring substituents is 1. The number of nitrogens with zero attached hydrogens (tertiary/aromatic N) is 2. The zero-order valence-corrected chi connectivity index (χ0v) is 17.5. The topological polar surface area (TPSA) is 99.5 Å². The van der Waals surface area contributed by atoms with Gasteiger partial charge >= 0.3 is 0 Å². The van der Waals surface area contributed by atoms with Gasteiger partial charge in [0.05, 0.1) is 11.5 Å². The van der Waals surface area contributed by atoms with Gasteiger partial charge in [0.2, 0.25) is 5.91 Å². The lowest BCUT2D eigenvalue weighted by Gasteiger charge is -2.36. The fourth-order valence-electron chi connectivity index (χ4n) is 3.79. The average molecular weight is 431 g/mol. The molecule has 1 aliphatic heterocycles. The largest absolute Gasteiger partial charge is 0.356 e. The number of hydrogen-bond donors (Lipinski definition) is 3. The maximum Gasteiger partial charge on any atom is 0.269 e. The summed E-state index contributed by atoms with van der Waals surface area (Å²) in [7, 11) is 0. The number of amides is 1. The van der Waals surface area contributed by atoms with Gasteiger partial charge in [-0.3, -0.25) is 19.8 Å². The molecule has 8 heteroatoms. The molecule has 0 spiro atoms. The maximum absolute atomic E-state index is 12.7. The van der Waals surface area contributed by atoms with Gasteiger partial charge in [-0.15, -0.1) is 0 Å². The van der Waals surface area contributed by atoms with Gasteiger partial charge in [0.25, 0.3) is 5.69 Å². The summed E-state index contributed by atoms with van der Waals surface area (Å²) in [6.07, 6.45) is 0. The first-order valence-corrected chi connectivity index (χ1v) is 10.5. The lowest BCUT2D eigenvalue weighted by atomic mass is 10.0. The van der Waals surface area contributed by atoms with Crippen LogP contribution in [0.1, 0.15) is 11.6 Å². The second-order valence-electron chi connectivity index (χ2n) is 7.66. The van der Waals surface area contributed by atoms with E-state index in [2.05, 4.69) is 20.9 Å². The summed E-state index contributed by atoms with van der Waals surface area (Å²) in [5.41, 5.74) is 3.68. The minimum absolute atomic E-state index is 0.0206. The molecule has 0 bridgehead atoms. The summed E-state index contributed by atoms with van der Waals surface area (Å²) >= 11 is 0. The minimum atomic E-state index is -0.408. The molecule has 1 atom stereocenters. The Hall–Kier alpha value is -3.75. The van der Waals surface area contributed by atoms with Crippen LogP contribution in [0.3, 0.4) is 0 Å². The van der Waals surface area contributed by atoms with Gasteiger partial charge in [0.15, 0.2) is 0 Å². The molecule has 0 saturated carbocycles. The predicted molar refractivity (Wildman–Crippen MR) is 125 cm³/mol. The van der Waals surface area contributed by atoms with Crippen molar-refractivity contribution in [1.29, 1.82) is 0 Å². The number of hydrogen-bond acceptors (Lipinski definition) is 6. The van der Waals surface area contributed by atoms with Gasteiger partial charge in [-0.1, -0.05) is 30.3 Å². The molecule has 164 valence electrons. The number of nitro groups is 1. The second-order valence-corrected chi connectivity index (χ2v) is 7.66. The highest BCUT2D eigenvalue weighted by Gasteiger charge is 2.26. The van der Waals surface area contributed by atoms with Crippen LogP contribution in [0.5, 0.6) is 0 Å². The third-order valence-electron chi connectivity index (χ3n) is 5.42. The Morgan fingerprint density at radius 2 is 1.62 bits per heavy atom. The Balaban J connectivity index is 1.36. The third-order valence-corrected chi connectivity index (χ3v) is 5.42. The van der Waals surface area contributed by atoms with E-state index in [0.717, 1.165) is 35.7 Å². The van der Waals surface area contributed by atoms with Crippen molar-refractivity contribution in [3.05, 3.63) is 94.5 Å². The van der Waals surface area contributed by atoms with Crippen LogP contribution in [-0.2, 0) is 4.79 Å². The Kier molecular flexibility index (Phi) is 6.74. The van der Waals surface area contributed by atoms with Crippen LogP contribution in [0.15, 0.2) is 78.9 Å². The first kappa shape index (κ1) is 21.5. The number of nitrogens with one attached hydrogen (secondary N) is 3. The number of rotatable bonds is 7. The van der Waals surface area contributed by atoms with E-state index >= 15 is 0 Å². The fraction of sp³-hybridized carbons (Fsp3) is 0.208. The van der Waals surface area contributed by atoms with Crippen molar-refractivity contribution in [3.8, 4) is 0 Å². The third kappa shape index (κ3) is 5.48. The van der Waals surface area contributed by atoms with E-state index in [-0.39, 0.29) is 24.2 Å². The number of piperazine rings is 1. The molecular weight excluding hydrogens is 406 g/mol. The SMILES string of the molecule is O=C(CN1CCNCC1c1ccc([N+](=O)[O-])cc1)Nc1ccc(Nc2ccccc2)cc1. The van der Waals surface area contributed by atoms with Crippen LogP contribution in [-0.4, -0.2) is 41.9 Å². The quantitative estimate of drug-likeness (QED) is 0.387. The van der Waals surface area contributed by atoms with E-state index < -0.39 is 4.92 Å². The van der Waals surface area contributed by atoms with Crippen LogP contribution in [0.4, 0.5) is 22.7 Å². The van der Waals surface area contributed by atoms with Crippen molar-refractivity contribution in [2.75, 3.05) is 36.8 Å². The molecular formula is C24H25N5O3. The standard InChI is InChI=1S/C24H25N5O3/c30-24(27-21-10-8-20(9-11-21)26-19-4-2-1-3-5-19)17-28-15-14-25-16-23(28)18-6-12-22(13-7-18)29(31)32/h1-13,23,25-26H,14-17H2,(H,27,30). The number of anilines is 3. The first-order valence-electron chi connectivity index (χ1n) is 10.5. The highest BCUT2D eigenvalue weighted by Crippen LogP contribution is 2.24. The lowest BCUT2D eigenvalue weighted by molar-refractivity contribution is -0.384. The van der Waals surface area contributed by atoms with Gasteiger partial charge in [0.1, 0.15) is 0 Å². The first-order chi connectivity index (χ1) is 15.6. The van der Waals surface area contributed by atoms with Crippen molar-refractivity contribution >= 4 is 28.7 Å². The van der Waals surface area contributed by atoms with Crippen molar-refractivity contribution < 1.29 is 9.72 Å². The molecule has 1 fully saturated rings. The molecule has 3 aromatic rings. The molecule has 0 aliphatic carbocycles. The van der Waals surface area contributed by atoms with Gasteiger partial charge < -0.3 is 16.0 Å².